The monoisotopic (exact) mass is 410 g/mol. The highest BCUT2D eigenvalue weighted by atomic mass is 32.2. The molecule has 0 amide bonds. The Labute approximate surface area is 174 Å². The molecule has 29 heavy (non-hydrogen) atoms. The highest BCUT2D eigenvalue weighted by molar-refractivity contribution is 7.99. The molecule has 0 spiro atoms. The normalized spacial score (nSPS) is 21.2. The molecule has 6 nitrogen and oxygen atoms in total. The fraction of sp³-hybridized carbons (Fsp3) is 0.455. The van der Waals surface area contributed by atoms with Gasteiger partial charge in [0.1, 0.15) is 5.82 Å². The van der Waals surface area contributed by atoms with E-state index < -0.39 is 5.92 Å². The van der Waals surface area contributed by atoms with Crippen molar-refractivity contribution in [2.24, 2.45) is 5.41 Å². The number of hydrogen-bond acceptors (Lipinski definition) is 6. The highest BCUT2D eigenvalue weighted by Gasteiger charge is 2.42. The van der Waals surface area contributed by atoms with Gasteiger partial charge in [-0.25, -0.2) is 4.98 Å². The van der Waals surface area contributed by atoms with Gasteiger partial charge < -0.3 is 10.3 Å². The summed E-state index contributed by atoms with van der Waals surface area (Å²) in [5.41, 5.74) is 2.56. The van der Waals surface area contributed by atoms with Crippen molar-refractivity contribution in [1.82, 2.24) is 15.0 Å². The number of allylic oxidation sites excluding steroid dienone is 2. The van der Waals surface area contributed by atoms with Crippen LogP contribution < -0.4 is 10.9 Å². The van der Waals surface area contributed by atoms with E-state index in [1.54, 1.807) is 24.2 Å². The van der Waals surface area contributed by atoms with Crippen LogP contribution >= 0.6 is 11.8 Å². The van der Waals surface area contributed by atoms with Crippen molar-refractivity contribution >= 4 is 23.4 Å². The van der Waals surface area contributed by atoms with Crippen LogP contribution in [0.1, 0.15) is 64.0 Å². The highest BCUT2D eigenvalue weighted by Crippen LogP contribution is 2.47. The fourth-order valence-electron chi connectivity index (χ4n) is 4.10. The fourth-order valence-corrected chi connectivity index (χ4v) is 4.95. The Hall–Kier alpha value is -2.41. The molecule has 0 radical (unpaired) electrons. The number of aromatic nitrogens is 3. The molecule has 0 fully saturated rings. The number of carbonyl (C=O) groups excluding carboxylic acids is 1. The summed E-state index contributed by atoms with van der Waals surface area (Å²) in [4.78, 5) is 38.2. The van der Waals surface area contributed by atoms with E-state index in [9.17, 15) is 9.59 Å². The largest absolute Gasteiger partial charge is 0.343 e. The first-order valence-corrected chi connectivity index (χ1v) is 10.9. The van der Waals surface area contributed by atoms with E-state index in [0.717, 1.165) is 24.1 Å². The molecule has 152 valence electrons. The third-order valence-electron chi connectivity index (χ3n) is 5.61. The Morgan fingerprint density at radius 1 is 1.31 bits per heavy atom. The minimum Gasteiger partial charge on any atom is -0.343 e. The van der Waals surface area contributed by atoms with Gasteiger partial charge in [-0.15, -0.1) is 0 Å². The molecule has 7 heteroatoms. The summed E-state index contributed by atoms with van der Waals surface area (Å²) in [6.07, 6.45) is 5.62. The maximum absolute atomic E-state index is 13.1. The minimum absolute atomic E-state index is 0.0840. The van der Waals surface area contributed by atoms with Crippen molar-refractivity contribution in [1.29, 1.82) is 0 Å². The molecule has 2 aromatic heterocycles. The number of nitrogens with one attached hydrogen (secondary N) is 2. The van der Waals surface area contributed by atoms with E-state index in [0.29, 0.717) is 33.8 Å². The van der Waals surface area contributed by atoms with Gasteiger partial charge in [-0.3, -0.25) is 14.6 Å². The summed E-state index contributed by atoms with van der Waals surface area (Å²) in [7, 11) is 0. The first kappa shape index (κ1) is 19.9. The number of anilines is 1. The maximum Gasteiger partial charge on any atom is 0.257 e. The zero-order valence-corrected chi connectivity index (χ0v) is 18.0. The van der Waals surface area contributed by atoms with Gasteiger partial charge in [0.15, 0.2) is 10.9 Å². The number of nitrogens with zero attached hydrogens (tertiary/aromatic N) is 2. The molecule has 2 atom stereocenters. The summed E-state index contributed by atoms with van der Waals surface area (Å²) in [6.45, 7) is 8.41. The molecule has 0 bridgehead atoms. The van der Waals surface area contributed by atoms with E-state index >= 15 is 0 Å². The summed E-state index contributed by atoms with van der Waals surface area (Å²) in [6, 6.07) is 3.76. The number of hydrogen-bond donors (Lipinski definition) is 2. The smallest absolute Gasteiger partial charge is 0.257 e. The average Bonchev–Trinajstić information content (AvgIpc) is 2.66. The first-order valence-electron chi connectivity index (χ1n) is 10.0. The van der Waals surface area contributed by atoms with Gasteiger partial charge in [0.2, 0.25) is 0 Å². The molecular weight excluding hydrogens is 384 g/mol. The number of rotatable bonds is 4. The Morgan fingerprint density at radius 2 is 2.10 bits per heavy atom. The number of thioether (sulfide) groups is 1. The van der Waals surface area contributed by atoms with E-state index in [4.69, 9.17) is 4.98 Å². The third kappa shape index (κ3) is 3.75. The predicted octanol–water partition coefficient (Wildman–Crippen LogP) is 4.26. The van der Waals surface area contributed by atoms with Crippen molar-refractivity contribution in [3.63, 3.8) is 0 Å². The number of pyridine rings is 1. The van der Waals surface area contributed by atoms with E-state index in [1.807, 2.05) is 12.1 Å². The lowest BCUT2D eigenvalue weighted by molar-refractivity contribution is -0.118. The van der Waals surface area contributed by atoms with Crippen LogP contribution in [0.2, 0.25) is 0 Å². The molecule has 1 aliphatic carbocycles. The van der Waals surface area contributed by atoms with Crippen LogP contribution in [0.5, 0.6) is 0 Å². The quantitative estimate of drug-likeness (QED) is 0.579. The van der Waals surface area contributed by atoms with Crippen LogP contribution in [0.4, 0.5) is 5.82 Å². The second-order valence-corrected chi connectivity index (χ2v) is 10.1. The van der Waals surface area contributed by atoms with E-state index in [2.05, 4.69) is 43.0 Å². The predicted molar refractivity (Wildman–Crippen MR) is 115 cm³/mol. The summed E-state index contributed by atoms with van der Waals surface area (Å²) >= 11 is 1.56. The lowest BCUT2D eigenvalue weighted by atomic mass is 9.69. The summed E-state index contributed by atoms with van der Waals surface area (Å²) in [5.74, 6) is 0.191. The molecule has 2 aliphatic rings. The maximum atomic E-state index is 13.1. The SMILES string of the molecule is CC[C@@H](C)Sc1nc2c(c(=O)[nH]1)[C@H](c1cccnc1)C1=C(CC(C)(C)CC1=O)N2. The van der Waals surface area contributed by atoms with E-state index in [-0.39, 0.29) is 16.8 Å². The van der Waals surface area contributed by atoms with Crippen LogP contribution in [0.25, 0.3) is 0 Å². The number of Topliss-reactive ketones (excluding diaryl/α,β-unsaturated/α-hetero) is 1. The molecule has 0 saturated carbocycles. The molecule has 0 saturated heterocycles. The zero-order chi connectivity index (χ0) is 20.8. The van der Waals surface area contributed by atoms with Crippen molar-refractivity contribution < 1.29 is 4.79 Å². The number of fused-ring (bicyclic) bond motifs is 1. The van der Waals surface area contributed by atoms with Crippen molar-refractivity contribution in [3.05, 3.63) is 57.3 Å². The second-order valence-electron chi connectivity index (χ2n) is 8.65. The number of aromatic amines is 1. The molecular formula is C22H26N4O2S. The summed E-state index contributed by atoms with van der Waals surface area (Å²) < 4.78 is 0. The van der Waals surface area contributed by atoms with Crippen molar-refractivity contribution in [3.8, 4) is 0 Å². The Kier molecular flexibility index (Phi) is 5.11. The van der Waals surface area contributed by atoms with Crippen LogP contribution in [-0.4, -0.2) is 26.0 Å². The van der Waals surface area contributed by atoms with Gasteiger partial charge in [0.05, 0.1) is 5.56 Å². The average molecular weight is 411 g/mol. The number of ketones is 1. The standard InChI is InChI=1S/C22H26N4O2S/c1-5-12(2)29-21-25-19-18(20(28)26-21)16(13-7-6-8-23-11-13)17-14(24-19)9-22(3,4)10-15(17)27/h6-8,11-12,16H,5,9-10H2,1-4H3,(H2,24,25,26,28)/t12-,16-/m1/s1. The topological polar surface area (TPSA) is 87.7 Å². The molecule has 0 aromatic carbocycles. The van der Waals surface area contributed by atoms with E-state index in [1.165, 1.54) is 0 Å². The van der Waals surface area contributed by atoms with Gasteiger partial charge in [-0.2, -0.15) is 0 Å². The third-order valence-corrected chi connectivity index (χ3v) is 6.76. The van der Waals surface area contributed by atoms with Gasteiger partial charge in [0.25, 0.3) is 5.56 Å². The van der Waals surface area contributed by atoms with Gasteiger partial charge >= 0.3 is 0 Å². The minimum atomic E-state index is -0.447. The van der Waals surface area contributed by atoms with Gasteiger partial charge in [-0.1, -0.05) is 45.5 Å². The van der Waals surface area contributed by atoms with Crippen molar-refractivity contribution in [2.45, 2.75) is 63.3 Å². The van der Waals surface area contributed by atoms with Crippen LogP contribution in [0.15, 0.2) is 45.7 Å². The molecule has 4 rings (SSSR count). The number of carbonyl (C=O) groups is 1. The van der Waals surface area contributed by atoms with Crippen LogP contribution in [0, 0.1) is 5.41 Å². The lowest BCUT2D eigenvalue weighted by Crippen LogP contribution is -2.37. The molecule has 0 unspecified atom stereocenters. The Bertz CT molecular complexity index is 1040. The second kappa shape index (κ2) is 7.44. The summed E-state index contributed by atoms with van der Waals surface area (Å²) in [5, 5.41) is 4.30. The Balaban J connectivity index is 1.90. The van der Waals surface area contributed by atoms with Crippen LogP contribution in [-0.2, 0) is 4.79 Å². The Morgan fingerprint density at radius 3 is 2.79 bits per heavy atom. The van der Waals surface area contributed by atoms with Crippen LogP contribution in [0.3, 0.4) is 0 Å². The zero-order valence-electron chi connectivity index (χ0n) is 17.2. The van der Waals surface area contributed by atoms with Gasteiger partial charge in [0, 0.05) is 41.3 Å². The molecule has 3 heterocycles. The number of H-pyrrole nitrogens is 1. The lowest BCUT2D eigenvalue weighted by Gasteiger charge is -2.38. The molecule has 1 aliphatic heterocycles. The first-order chi connectivity index (χ1) is 13.8. The molecule has 2 aromatic rings. The van der Waals surface area contributed by atoms with Crippen molar-refractivity contribution in [2.75, 3.05) is 5.32 Å². The van der Waals surface area contributed by atoms with Gasteiger partial charge in [-0.05, 0) is 29.9 Å². The molecule has 2 N–H and O–H groups in total.